The van der Waals surface area contributed by atoms with Crippen LogP contribution in [0.2, 0.25) is 0 Å². The number of hydrogen-bond donors (Lipinski definition) is 4. The van der Waals surface area contributed by atoms with E-state index in [0.717, 1.165) is 32.9 Å². The molecule has 10 nitrogen and oxygen atoms in total. The van der Waals surface area contributed by atoms with Gasteiger partial charge in [-0.25, -0.2) is 9.55 Å². The Labute approximate surface area is 197 Å². The Bertz CT molecular complexity index is 1780. The number of hydrogen-bond acceptors (Lipinski definition) is 7. The molecule has 0 radical (unpaired) electrons. The molecule has 0 fully saturated rings. The van der Waals surface area contributed by atoms with Crippen LogP contribution in [-0.4, -0.2) is 49.3 Å². The normalized spacial score (nSPS) is 12.1. The molecule has 4 aromatic heterocycles. The number of fused-ring (bicyclic) bond motifs is 7. The third kappa shape index (κ3) is 2.25. The van der Waals surface area contributed by atoms with Crippen LogP contribution in [-0.2, 0) is 6.54 Å². The fourth-order valence-corrected chi connectivity index (χ4v) is 5.28. The molecule has 6 aromatic rings. The molecule has 0 unspecified atom stereocenters. The minimum absolute atomic E-state index is 0.0372. The van der Waals surface area contributed by atoms with Crippen LogP contribution in [0.3, 0.4) is 0 Å². The highest BCUT2D eigenvalue weighted by molar-refractivity contribution is 6.13. The van der Waals surface area contributed by atoms with E-state index >= 15 is 0 Å². The Balaban J connectivity index is 1.44. The Morgan fingerprint density at radius 3 is 1.97 bits per heavy atom. The molecular formula is C25H18N6O4. The van der Waals surface area contributed by atoms with Crippen molar-refractivity contribution in [2.24, 2.45) is 0 Å². The lowest BCUT2D eigenvalue weighted by Gasteiger charge is -2.14. The first-order valence-corrected chi connectivity index (χ1v) is 11.0. The minimum Gasteiger partial charge on any atom is -0.494 e. The minimum atomic E-state index is -0.355. The van der Waals surface area contributed by atoms with Crippen LogP contribution in [0.4, 0.5) is 0 Å². The summed E-state index contributed by atoms with van der Waals surface area (Å²) in [6.45, 7) is 2.89. The van der Waals surface area contributed by atoms with E-state index in [1.807, 2.05) is 36.4 Å². The van der Waals surface area contributed by atoms with Gasteiger partial charge in [0.05, 0.1) is 40.3 Å². The van der Waals surface area contributed by atoms with Gasteiger partial charge in [0.15, 0.2) is 0 Å². The predicted molar refractivity (Wildman–Crippen MR) is 128 cm³/mol. The summed E-state index contributed by atoms with van der Waals surface area (Å²) in [6.07, 6.45) is 2.74. The highest BCUT2D eigenvalue weighted by Gasteiger charge is 2.44. The highest BCUT2D eigenvalue weighted by Crippen LogP contribution is 2.65. The van der Waals surface area contributed by atoms with Gasteiger partial charge in [0, 0.05) is 28.4 Å². The van der Waals surface area contributed by atoms with Crippen molar-refractivity contribution in [3.8, 4) is 57.4 Å². The first-order valence-electron chi connectivity index (χ1n) is 11.0. The van der Waals surface area contributed by atoms with Crippen LogP contribution in [0, 0.1) is 0 Å². The molecule has 0 spiro atoms. The largest absolute Gasteiger partial charge is 0.494 e. The number of aromatic hydroxyl groups is 4. The van der Waals surface area contributed by atoms with Gasteiger partial charge in [-0.05, 0) is 31.2 Å². The predicted octanol–water partition coefficient (Wildman–Crippen LogP) is 4.05. The van der Waals surface area contributed by atoms with Crippen molar-refractivity contribution in [2.75, 3.05) is 0 Å². The van der Waals surface area contributed by atoms with Crippen LogP contribution in [0.25, 0.3) is 55.7 Å². The SMILES string of the molecule is CCn1c2ccccc2c2cc(-n3c(O)c4c(c3O)-c3c-4c(O)n(-c4nccnn4)c3O)ccc21. The third-order valence-electron chi connectivity index (χ3n) is 6.74. The molecule has 172 valence electrons. The quantitative estimate of drug-likeness (QED) is 0.309. The second-order valence-corrected chi connectivity index (χ2v) is 8.37. The second-order valence-electron chi connectivity index (χ2n) is 8.37. The van der Waals surface area contributed by atoms with Crippen molar-refractivity contribution in [1.82, 2.24) is 28.9 Å². The summed E-state index contributed by atoms with van der Waals surface area (Å²) >= 11 is 0. The molecular weight excluding hydrogens is 448 g/mol. The maximum absolute atomic E-state index is 11.1. The summed E-state index contributed by atoms with van der Waals surface area (Å²) in [5, 5.41) is 53.5. The van der Waals surface area contributed by atoms with Crippen molar-refractivity contribution in [3.05, 3.63) is 54.9 Å². The van der Waals surface area contributed by atoms with Crippen LogP contribution in [0.1, 0.15) is 6.92 Å². The lowest BCUT2D eigenvalue weighted by molar-refractivity contribution is 0.395. The van der Waals surface area contributed by atoms with E-state index in [1.54, 1.807) is 0 Å². The fraction of sp³-hybridized carbons (Fsp3) is 0.0800. The average Bonchev–Trinajstić information content (AvgIpc) is 3.35. The lowest BCUT2D eigenvalue weighted by atomic mass is 9.86. The number of aryl methyl sites for hydroxylation is 1. The Kier molecular flexibility index (Phi) is 3.64. The molecule has 0 bridgehead atoms. The molecule has 0 saturated carbocycles. The highest BCUT2D eigenvalue weighted by atomic mass is 16.3. The van der Waals surface area contributed by atoms with Gasteiger partial charge >= 0.3 is 0 Å². The molecule has 2 aromatic carbocycles. The van der Waals surface area contributed by atoms with Gasteiger partial charge in [0.25, 0.3) is 5.95 Å². The molecule has 35 heavy (non-hydrogen) atoms. The van der Waals surface area contributed by atoms with E-state index in [9.17, 15) is 20.4 Å². The van der Waals surface area contributed by atoms with E-state index in [2.05, 4.69) is 32.7 Å². The maximum Gasteiger partial charge on any atom is 0.259 e. The molecule has 0 aliphatic heterocycles. The summed E-state index contributed by atoms with van der Waals surface area (Å²) < 4.78 is 4.54. The average molecular weight is 466 g/mol. The molecule has 1 aliphatic rings. The van der Waals surface area contributed by atoms with Crippen molar-refractivity contribution in [3.63, 3.8) is 0 Å². The maximum atomic E-state index is 11.1. The van der Waals surface area contributed by atoms with E-state index < -0.39 is 0 Å². The third-order valence-corrected chi connectivity index (χ3v) is 6.74. The van der Waals surface area contributed by atoms with Gasteiger partial charge in [-0.2, -0.15) is 5.10 Å². The zero-order valence-corrected chi connectivity index (χ0v) is 18.4. The molecule has 4 heterocycles. The summed E-state index contributed by atoms with van der Waals surface area (Å²) in [5.74, 6) is -1.24. The Morgan fingerprint density at radius 1 is 0.714 bits per heavy atom. The van der Waals surface area contributed by atoms with Crippen LogP contribution in [0.15, 0.2) is 54.9 Å². The van der Waals surface area contributed by atoms with E-state index in [0.29, 0.717) is 5.69 Å². The van der Waals surface area contributed by atoms with Gasteiger partial charge in [0.2, 0.25) is 23.5 Å². The van der Waals surface area contributed by atoms with Crippen molar-refractivity contribution < 1.29 is 20.4 Å². The molecule has 0 amide bonds. The van der Waals surface area contributed by atoms with E-state index in [4.69, 9.17) is 0 Å². The van der Waals surface area contributed by atoms with Crippen molar-refractivity contribution >= 4 is 21.8 Å². The van der Waals surface area contributed by atoms with E-state index in [1.165, 1.54) is 17.0 Å². The summed E-state index contributed by atoms with van der Waals surface area (Å²) in [7, 11) is 0. The van der Waals surface area contributed by atoms with Gasteiger partial charge in [-0.1, -0.05) is 18.2 Å². The number of aromatic nitrogens is 6. The number of para-hydroxylation sites is 1. The first-order chi connectivity index (χ1) is 17.0. The summed E-state index contributed by atoms with van der Waals surface area (Å²) in [4.78, 5) is 4.01. The molecule has 0 saturated heterocycles. The second kappa shape index (κ2) is 6.54. The number of benzene rings is 2. The van der Waals surface area contributed by atoms with Crippen molar-refractivity contribution in [2.45, 2.75) is 13.5 Å². The smallest absolute Gasteiger partial charge is 0.259 e. The first kappa shape index (κ1) is 19.5. The lowest BCUT2D eigenvalue weighted by Crippen LogP contribution is -2.00. The van der Waals surface area contributed by atoms with Gasteiger partial charge in [0.1, 0.15) is 0 Å². The standard InChI is InChI=1S/C25H18N6O4/c1-2-29-15-6-4-3-5-13(15)14-11-12(7-8-16(14)29)30-21(32)17-18(22(30)33)20-19(17)23(34)31(24(20)35)25-26-9-10-27-28-25/h3-11,32-35H,2H2,1H3. The van der Waals surface area contributed by atoms with Gasteiger partial charge in [-0.3, -0.25) is 4.57 Å². The monoisotopic (exact) mass is 466 g/mol. The number of rotatable bonds is 3. The Morgan fingerprint density at radius 2 is 1.34 bits per heavy atom. The topological polar surface area (TPSA) is 134 Å². The van der Waals surface area contributed by atoms with Crippen molar-refractivity contribution in [1.29, 1.82) is 0 Å². The zero-order valence-electron chi connectivity index (χ0n) is 18.4. The summed E-state index contributed by atoms with van der Waals surface area (Å²) in [6, 6.07) is 13.8. The van der Waals surface area contributed by atoms with Crippen LogP contribution < -0.4 is 0 Å². The van der Waals surface area contributed by atoms with E-state index in [-0.39, 0.29) is 51.7 Å². The van der Waals surface area contributed by atoms with Gasteiger partial charge < -0.3 is 25.0 Å². The molecule has 1 aliphatic carbocycles. The van der Waals surface area contributed by atoms with Crippen LogP contribution in [0.5, 0.6) is 23.5 Å². The Hall–Kier alpha value is -4.99. The van der Waals surface area contributed by atoms with Crippen LogP contribution >= 0.6 is 0 Å². The summed E-state index contributed by atoms with van der Waals surface area (Å²) in [5.41, 5.74) is 3.59. The molecule has 7 rings (SSSR count). The zero-order chi connectivity index (χ0) is 24.0. The van der Waals surface area contributed by atoms with Gasteiger partial charge in [-0.15, -0.1) is 5.10 Å². The molecule has 4 N–H and O–H groups in total. The molecule has 10 heteroatoms. The fourth-order valence-electron chi connectivity index (χ4n) is 5.28. The molecule has 0 atom stereocenters. The number of nitrogens with zero attached hydrogens (tertiary/aromatic N) is 6.